The molecule has 5 heteroatoms. The van der Waals surface area contributed by atoms with E-state index in [9.17, 15) is 9.59 Å². The molecule has 0 atom stereocenters. The Morgan fingerprint density at radius 1 is 0.950 bits per heavy atom. The lowest BCUT2D eigenvalue weighted by molar-refractivity contribution is -0.113. The van der Waals surface area contributed by atoms with Crippen LogP contribution in [0.2, 0.25) is 0 Å². The van der Waals surface area contributed by atoms with Crippen molar-refractivity contribution in [3.8, 4) is 11.1 Å². The van der Waals surface area contributed by atoms with E-state index in [2.05, 4.69) is 5.32 Å². The molecule has 20 heavy (non-hydrogen) atoms. The lowest BCUT2D eigenvalue weighted by Crippen LogP contribution is -2.16. The van der Waals surface area contributed by atoms with Crippen molar-refractivity contribution in [2.75, 3.05) is 11.1 Å². The Kier molecular flexibility index (Phi) is 4.79. The van der Waals surface area contributed by atoms with Crippen LogP contribution in [0.15, 0.2) is 54.6 Å². The molecule has 0 radical (unpaired) electrons. The number of primary amides is 1. The number of carbonyl (C=O) groups is 2. The highest BCUT2D eigenvalue weighted by molar-refractivity contribution is 8.14. The van der Waals surface area contributed by atoms with Gasteiger partial charge in [0, 0.05) is 5.69 Å². The van der Waals surface area contributed by atoms with Crippen LogP contribution in [0, 0.1) is 0 Å². The van der Waals surface area contributed by atoms with Gasteiger partial charge in [0.05, 0.1) is 5.75 Å². The minimum atomic E-state index is -0.556. The molecule has 0 aliphatic heterocycles. The second-order valence-electron chi connectivity index (χ2n) is 4.10. The number of hydrogen-bond acceptors (Lipinski definition) is 3. The predicted molar refractivity (Wildman–Crippen MR) is 82.5 cm³/mol. The van der Waals surface area contributed by atoms with E-state index in [4.69, 9.17) is 5.73 Å². The van der Waals surface area contributed by atoms with Gasteiger partial charge in [0.15, 0.2) is 0 Å². The topological polar surface area (TPSA) is 72.2 Å². The van der Waals surface area contributed by atoms with E-state index in [1.807, 2.05) is 54.6 Å². The Balaban J connectivity index is 1.98. The van der Waals surface area contributed by atoms with Crippen LogP contribution < -0.4 is 11.1 Å². The minimum absolute atomic E-state index is 0.0236. The number of rotatable bonds is 4. The summed E-state index contributed by atoms with van der Waals surface area (Å²) in [5, 5.41) is 2.15. The standard InChI is InChI=1S/C15H14N2O2S/c16-15(19)20-10-14(18)17-13-8-6-12(7-9-13)11-4-2-1-3-5-11/h1-9H,10H2,(H2,16,19)(H,17,18). The first-order valence-corrected chi connectivity index (χ1v) is 7.01. The fraction of sp³-hybridized carbons (Fsp3) is 0.0667. The summed E-state index contributed by atoms with van der Waals surface area (Å²) < 4.78 is 0. The van der Waals surface area contributed by atoms with Crippen LogP contribution in [0.5, 0.6) is 0 Å². The Bertz CT molecular complexity index is 597. The summed E-state index contributed by atoms with van der Waals surface area (Å²) in [6.45, 7) is 0. The number of anilines is 1. The first kappa shape index (κ1) is 14.1. The van der Waals surface area contributed by atoms with Gasteiger partial charge in [-0.2, -0.15) is 0 Å². The number of carbonyl (C=O) groups excluding carboxylic acids is 2. The zero-order valence-corrected chi connectivity index (χ0v) is 11.5. The molecular weight excluding hydrogens is 272 g/mol. The third-order valence-electron chi connectivity index (χ3n) is 2.62. The first-order valence-electron chi connectivity index (χ1n) is 6.03. The number of benzene rings is 2. The van der Waals surface area contributed by atoms with Crippen LogP contribution in [0.4, 0.5) is 10.5 Å². The summed E-state index contributed by atoms with van der Waals surface area (Å²) >= 11 is 0.785. The summed E-state index contributed by atoms with van der Waals surface area (Å²) in [5.74, 6) is -0.225. The van der Waals surface area contributed by atoms with E-state index in [1.165, 1.54) is 0 Å². The van der Waals surface area contributed by atoms with E-state index in [0.29, 0.717) is 5.69 Å². The lowest BCUT2D eigenvalue weighted by Gasteiger charge is -2.06. The summed E-state index contributed by atoms with van der Waals surface area (Å²) in [5.41, 5.74) is 7.86. The first-order chi connectivity index (χ1) is 9.65. The lowest BCUT2D eigenvalue weighted by atomic mass is 10.1. The summed E-state index contributed by atoms with van der Waals surface area (Å²) in [7, 11) is 0. The van der Waals surface area contributed by atoms with Crippen molar-refractivity contribution in [1.29, 1.82) is 0 Å². The van der Waals surface area contributed by atoms with E-state index >= 15 is 0 Å². The summed E-state index contributed by atoms with van der Waals surface area (Å²) in [6.07, 6.45) is 0. The van der Waals surface area contributed by atoms with Crippen LogP contribution in [0.1, 0.15) is 0 Å². The molecule has 0 aliphatic rings. The molecule has 2 aromatic rings. The largest absolute Gasteiger partial charge is 0.361 e. The van der Waals surface area contributed by atoms with Gasteiger partial charge in [-0.1, -0.05) is 54.2 Å². The third kappa shape index (κ3) is 4.13. The molecular formula is C15H14N2O2S. The van der Waals surface area contributed by atoms with Crippen LogP contribution in [0.3, 0.4) is 0 Å². The maximum absolute atomic E-state index is 11.5. The normalized spacial score (nSPS) is 10.0. The molecule has 0 spiro atoms. The molecule has 0 aromatic heterocycles. The van der Waals surface area contributed by atoms with Gasteiger partial charge in [0.25, 0.3) is 5.24 Å². The van der Waals surface area contributed by atoms with Crippen molar-refractivity contribution >= 4 is 28.6 Å². The van der Waals surface area contributed by atoms with Gasteiger partial charge in [-0.25, -0.2) is 0 Å². The van der Waals surface area contributed by atoms with Crippen LogP contribution >= 0.6 is 11.8 Å². The molecule has 2 amide bonds. The van der Waals surface area contributed by atoms with E-state index < -0.39 is 5.24 Å². The molecule has 102 valence electrons. The van der Waals surface area contributed by atoms with Crippen molar-refractivity contribution in [2.24, 2.45) is 5.73 Å². The monoisotopic (exact) mass is 286 g/mol. The van der Waals surface area contributed by atoms with Crippen molar-refractivity contribution in [2.45, 2.75) is 0 Å². The van der Waals surface area contributed by atoms with Gasteiger partial charge < -0.3 is 11.1 Å². The number of thioether (sulfide) groups is 1. The van der Waals surface area contributed by atoms with Crippen molar-refractivity contribution < 1.29 is 9.59 Å². The van der Waals surface area contributed by atoms with E-state index in [1.54, 1.807) is 0 Å². The van der Waals surface area contributed by atoms with Gasteiger partial charge in [0.2, 0.25) is 5.91 Å². The Morgan fingerprint density at radius 3 is 2.15 bits per heavy atom. The van der Waals surface area contributed by atoms with E-state index in [0.717, 1.165) is 22.9 Å². The highest BCUT2D eigenvalue weighted by atomic mass is 32.2. The molecule has 0 bridgehead atoms. The van der Waals surface area contributed by atoms with Crippen molar-refractivity contribution in [1.82, 2.24) is 0 Å². The molecule has 4 nitrogen and oxygen atoms in total. The molecule has 0 aliphatic carbocycles. The average Bonchev–Trinajstić information content (AvgIpc) is 2.47. The molecule has 0 unspecified atom stereocenters. The molecule has 2 aromatic carbocycles. The second-order valence-corrected chi connectivity index (χ2v) is 5.08. The third-order valence-corrected chi connectivity index (χ3v) is 3.31. The zero-order valence-electron chi connectivity index (χ0n) is 10.7. The molecule has 0 heterocycles. The number of hydrogen-bond donors (Lipinski definition) is 2. The Labute approximate surface area is 121 Å². The van der Waals surface area contributed by atoms with E-state index in [-0.39, 0.29) is 11.7 Å². The van der Waals surface area contributed by atoms with Gasteiger partial charge in [-0.05, 0) is 23.3 Å². The van der Waals surface area contributed by atoms with Crippen LogP contribution in [0.25, 0.3) is 11.1 Å². The molecule has 0 saturated carbocycles. The minimum Gasteiger partial charge on any atom is -0.361 e. The van der Waals surface area contributed by atoms with Gasteiger partial charge >= 0.3 is 0 Å². The van der Waals surface area contributed by atoms with Gasteiger partial charge in [-0.15, -0.1) is 0 Å². The average molecular weight is 286 g/mol. The quantitative estimate of drug-likeness (QED) is 0.907. The van der Waals surface area contributed by atoms with Crippen LogP contribution in [-0.2, 0) is 4.79 Å². The van der Waals surface area contributed by atoms with Gasteiger partial charge in [-0.3, -0.25) is 9.59 Å². The SMILES string of the molecule is NC(=O)SCC(=O)Nc1ccc(-c2ccccc2)cc1. The highest BCUT2D eigenvalue weighted by Crippen LogP contribution is 2.21. The molecule has 3 N–H and O–H groups in total. The maximum Gasteiger partial charge on any atom is 0.276 e. The fourth-order valence-corrected chi connectivity index (χ4v) is 2.06. The number of nitrogens with two attached hydrogens (primary N) is 1. The molecule has 0 saturated heterocycles. The number of amides is 2. The Morgan fingerprint density at radius 2 is 1.55 bits per heavy atom. The molecule has 2 rings (SSSR count). The van der Waals surface area contributed by atoms with Crippen LogP contribution in [-0.4, -0.2) is 16.9 Å². The Hall–Kier alpha value is -2.27. The van der Waals surface area contributed by atoms with Gasteiger partial charge in [0.1, 0.15) is 0 Å². The molecule has 0 fully saturated rings. The fourth-order valence-electron chi connectivity index (χ4n) is 1.71. The summed E-state index contributed by atoms with van der Waals surface area (Å²) in [4.78, 5) is 22.1. The van der Waals surface area contributed by atoms with Crippen molar-refractivity contribution in [3.63, 3.8) is 0 Å². The van der Waals surface area contributed by atoms with Crippen molar-refractivity contribution in [3.05, 3.63) is 54.6 Å². The predicted octanol–water partition coefficient (Wildman–Crippen LogP) is 3.10. The zero-order chi connectivity index (χ0) is 14.4. The summed E-state index contributed by atoms with van der Waals surface area (Å²) in [6, 6.07) is 17.5. The maximum atomic E-state index is 11.5. The highest BCUT2D eigenvalue weighted by Gasteiger charge is 2.05. The smallest absolute Gasteiger partial charge is 0.276 e. The second kappa shape index (κ2) is 6.77. The number of nitrogens with one attached hydrogen (secondary N) is 1.